The Morgan fingerprint density at radius 1 is 0.882 bits per heavy atom. The lowest BCUT2D eigenvalue weighted by atomic mass is 10.0. The van der Waals surface area contributed by atoms with Crippen LogP contribution < -0.4 is 10.6 Å². The molecule has 0 aliphatic rings. The van der Waals surface area contributed by atoms with Crippen LogP contribution in [0, 0.1) is 0 Å². The van der Waals surface area contributed by atoms with Crippen LogP contribution in [-0.2, 0) is 19.1 Å². The van der Waals surface area contributed by atoms with Gasteiger partial charge in [0.05, 0.1) is 11.3 Å². The Morgan fingerprint density at radius 3 is 2.35 bits per heavy atom. The molecule has 0 saturated carbocycles. The predicted molar refractivity (Wildman–Crippen MR) is 132 cm³/mol. The minimum absolute atomic E-state index is 0.0470. The molecule has 1 heterocycles. The van der Waals surface area contributed by atoms with Crippen LogP contribution in [0.3, 0.4) is 0 Å². The van der Waals surface area contributed by atoms with E-state index < -0.39 is 18.0 Å². The Bertz CT molecular complexity index is 1130. The molecule has 0 unspecified atom stereocenters. The number of amides is 2. The first kappa shape index (κ1) is 24.9. The molecule has 0 saturated heterocycles. The van der Waals surface area contributed by atoms with Gasteiger partial charge in [-0.05, 0) is 30.0 Å². The van der Waals surface area contributed by atoms with Gasteiger partial charge in [0.25, 0.3) is 5.91 Å². The van der Waals surface area contributed by atoms with E-state index in [1.165, 1.54) is 18.3 Å². The third-order valence-electron chi connectivity index (χ3n) is 4.97. The highest BCUT2D eigenvalue weighted by molar-refractivity contribution is 7.12. The number of hydrogen-bond acceptors (Lipinski definition) is 6. The van der Waals surface area contributed by atoms with Crippen molar-refractivity contribution in [2.75, 3.05) is 11.9 Å². The van der Waals surface area contributed by atoms with Crippen LogP contribution >= 0.6 is 11.3 Å². The van der Waals surface area contributed by atoms with E-state index in [4.69, 9.17) is 4.74 Å². The van der Waals surface area contributed by atoms with Crippen molar-refractivity contribution >= 4 is 40.6 Å². The SMILES string of the molecule is C[C@@H](OC(=O)CCNC(=O)CCC(=O)c1cccs1)C(=O)Nc1ccccc1-c1ccccc1. The lowest BCUT2D eigenvalue weighted by Gasteiger charge is -2.16. The lowest BCUT2D eigenvalue weighted by molar-refractivity contribution is -0.153. The second kappa shape index (κ2) is 12.5. The first-order chi connectivity index (χ1) is 16.4. The third kappa shape index (κ3) is 7.38. The average Bonchev–Trinajstić information content (AvgIpc) is 3.38. The second-order valence-corrected chi connectivity index (χ2v) is 8.48. The Hall–Kier alpha value is -3.78. The molecule has 1 aromatic heterocycles. The van der Waals surface area contributed by atoms with Gasteiger partial charge in [-0.1, -0.05) is 54.6 Å². The van der Waals surface area contributed by atoms with Crippen molar-refractivity contribution in [3.05, 3.63) is 77.0 Å². The predicted octanol–water partition coefficient (Wildman–Crippen LogP) is 4.45. The summed E-state index contributed by atoms with van der Waals surface area (Å²) in [5, 5.41) is 7.21. The van der Waals surface area contributed by atoms with Gasteiger partial charge in [0.15, 0.2) is 11.9 Å². The number of anilines is 1. The topological polar surface area (TPSA) is 102 Å². The van der Waals surface area contributed by atoms with Crippen LogP contribution in [-0.4, -0.2) is 36.2 Å². The molecular weight excluding hydrogens is 452 g/mol. The minimum atomic E-state index is -1.00. The van der Waals surface area contributed by atoms with E-state index in [0.717, 1.165) is 11.1 Å². The maximum atomic E-state index is 12.6. The molecule has 0 bridgehead atoms. The van der Waals surface area contributed by atoms with E-state index in [9.17, 15) is 19.2 Å². The van der Waals surface area contributed by atoms with Crippen molar-refractivity contribution in [1.29, 1.82) is 0 Å². The molecule has 0 aliphatic carbocycles. The third-order valence-corrected chi connectivity index (χ3v) is 5.88. The van der Waals surface area contributed by atoms with Crippen molar-refractivity contribution in [3.8, 4) is 11.1 Å². The number of ether oxygens (including phenoxy) is 1. The van der Waals surface area contributed by atoms with Crippen LogP contribution in [0.15, 0.2) is 72.1 Å². The van der Waals surface area contributed by atoms with Crippen LogP contribution in [0.1, 0.15) is 35.9 Å². The normalized spacial score (nSPS) is 11.3. The molecule has 3 rings (SSSR count). The molecular formula is C26H26N2O5S. The van der Waals surface area contributed by atoms with Gasteiger partial charge >= 0.3 is 5.97 Å². The largest absolute Gasteiger partial charge is 0.452 e. The Balaban J connectivity index is 1.40. The zero-order chi connectivity index (χ0) is 24.3. The summed E-state index contributed by atoms with van der Waals surface area (Å²) in [4.78, 5) is 49.1. The summed E-state index contributed by atoms with van der Waals surface area (Å²) < 4.78 is 5.20. The summed E-state index contributed by atoms with van der Waals surface area (Å²) in [6, 6.07) is 20.5. The number of thiophene rings is 1. The van der Waals surface area contributed by atoms with E-state index in [2.05, 4.69) is 10.6 Å². The summed E-state index contributed by atoms with van der Waals surface area (Å²) in [5.41, 5.74) is 2.43. The van der Waals surface area contributed by atoms with E-state index in [0.29, 0.717) is 10.6 Å². The molecule has 2 aromatic carbocycles. The highest BCUT2D eigenvalue weighted by atomic mass is 32.1. The molecule has 34 heavy (non-hydrogen) atoms. The number of carbonyl (C=O) groups excluding carboxylic acids is 4. The summed E-state index contributed by atoms with van der Waals surface area (Å²) in [5.74, 6) is -1.46. The fraction of sp³-hybridized carbons (Fsp3) is 0.231. The number of Topliss-reactive ketones (excluding diaryl/α,β-unsaturated/α-hetero) is 1. The Morgan fingerprint density at radius 2 is 1.62 bits per heavy atom. The number of para-hydroxylation sites is 1. The standard InChI is InChI=1S/C26H26N2O5S/c1-18(26(32)28-21-11-6-5-10-20(21)19-8-3-2-4-9-19)33-25(31)15-16-27-24(30)14-13-22(29)23-12-7-17-34-23/h2-12,17-18H,13-16H2,1H3,(H,27,30)(H,28,32)/t18-/m1/s1. The molecule has 0 radical (unpaired) electrons. The molecule has 176 valence electrons. The van der Waals surface area contributed by atoms with E-state index in [-0.39, 0.29) is 37.5 Å². The van der Waals surface area contributed by atoms with Crippen LogP contribution in [0.2, 0.25) is 0 Å². The molecule has 0 fully saturated rings. The summed E-state index contributed by atoms with van der Waals surface area (Å²) in [6.45, 7) is 1.56. The molecule has 7 nitrogen and oxygen atoms in total. The van der Waals surface area contributed by atoms with Gasteiger partial charge < -0.3 is 15.4 Å². The van der Waals surface area contributed by atoms with Gasteiger partial charge in [0, 0.05) is 30.6 Å². The number of benzene rings is 2. The molecule has 0 spiro atoms. The minimum Gasteiger partial charge on any atom is -0.452 e. The number of nitrogens with one attached hydrogen (secondary N) is 2. The van der Waals surface area contributed by atoms with Crippen LogP contribution in [0.5, 0.6) is 0 Å². The van der Waals surface area contributed by atoms with Gasteiger partial charge in [-0.3, -0.25) is 19.2 Å². The highest BCUT2D eigenvalue weighted by Gasteiger charge is 2.19. The van der Waals surface area contributed by atoms with Gasteiger partial charge in [0.2, 0.25) is 5.91 Å². The summed E-state index contributed by atoms with van der Waals surface area (Å²) in [7, 11) is 0. The number of esters is 1. The van der Waals surface area contributed by atoms with Crippen molar-refractivity contribution in [2.24, 2.45) is 0 Å². The molecule has 1 atom stereocenters. The molecule has 2 N–H and O–H groups in total. The highest BCUT2D eigenvalue weighted by Crippen LogP contribution is 2.27. The van der Waals surface area contributed by atoms with E-state index >= 15 is 0 Å². The van der Waals surface area contributed by atoms with Gasteiger partial charge in [-0.25, -0.2) is 0 Å². The molecule has 8 heteroatoms. The average molecular weight is 479 g/mol. The second-order valence-electron chi connectivity index (χ2n) is 7.53. The fourth-order valence-corrected chi connectivity index (χ4v) is 3.88. The van der Waals surface area contributed by atoms with Gasteiger partial charge in [0.1, 0.15) is 0 Å². The number of rotatable bonds is 11. The number of carbonyl (C=O) groups is 4. The number of hydrogen-bond donors (Lipinski definition) is 2. The molecule has 0 aliphatic heterocycles. The quantitative estimate of drug-likeness (QED) is 0.313. The molecule has 3 aromatic rings. The monoisotopic (exact) mass is 478 g/mol. The zero-order valence-corrected chi connectivity index (χ0v) is 19.6. The van der Waals surface area contributed by atoms with Crippen LogP contribution in [0.25, 0.3) is 11.1 Å². The molecule has 2 amide bonds. The van der Waals surface area contributed by atoms with Crippen molar-refractivity contribution in [3.63, 3.8) is 0 Å². The number of ketones is 1. The maximum Gasteiger partial charge on any atom is 0.308 e. The first-order valence-corrected chi connectivity index (χ1v) is 11.8. The smallest absolute Gasteiger partial charge is 0.308 e. The van der Waals surface area contributed by atoms with Gasteiger partial charge in [-0.2, -0.15) is 0 Å². The maximum absolute atomic E-state index is 12.6. The Kier molecular flexibility index (Phi) is 9.11. The Labute approximate surface area is 202 Å². The zero-order valence-electron chi connectivity index (χ0n) is 18.8. The van der Waals surface area contributed by atoms with E-state index in [1.54, 1.807) is 18.2 Å². The summed E-state index contributed by atoms with van der Waals surface area (Å²) in [6.07, 6.45) is -0.928. The van der Waals surface area contributed by atoms with Crippen molar-refractivity contribution < 1.29 is 23.9 Å². The lowest BCUT2D eigenvalue weighted by Crippen LogP contribution is -2.32. The van der Waals surface area contributed by atoms with Gasteiger partial charge in [-0.15, -0.1) is 11.3 Å². The van der Waals surface area contributed by atoms with Crippen molar-refractivity contribution in [2.45, 2.75) is 32.3 Å². The van der Waals surface area contributed by atoms with Crippen LogP contribution in [0.4, 0.5) is 5.69 Å². The summed E-state index contributed by atoms with van der Waals surface area (Å²) >= 11 is 1.34. The van der Waals surface area contributed by atoms with E-state index in [1.807, 2.05) is 53.9 Å². The first-order valence-electron chi connectivity index (χ1n) is 10.9. The fourth-order valence-electron chi connectivity index (χ4n) is 3.19. The van der Waals surface area contributed by atoms with Crippen molar-refractivity contribution in [1.82, 2.24) is 5.32 Å².